The summed E-state index contributed by atoms with van der Waals surface area (Å²) in [5.74, 6) is 1.14. The molecule has 6 nitrogen and oxygen atoms in total. The fraction of sp³-hybridized carbons (Fsp3) is 0.533. The number of hydrogen-bond acceptors (Lipinski definition) is 5. The number of amides is 1. The molecule has 0 spiro atoms. The van der Waals surface area contributed by atoms with Gasteiger partial charge >= 0.3 is 0 Å². The fourth-order valence-corrected chi connectivity index (χ4v) is 2.88. The van der Waals surface area contributed by atoms with Crippen LogP contribution in [0.3, 0.4) is 0 Å². The molecule has 0 radical (unpaired) electrons. The molecule has 0 aromatic heterocycles. The lowest BCUT2D eigenvalue weighted by atomic mass is 10.1. The van der Waals surface area contributed by atoms with Gasteiger partial charge in [0, 0.05) is 36.9 Å². The lowest BCUT2D eigenvalue weighted by Gasteiger charge is -2.42. The maximum atomic E-state index is 12.7. The molecule has 0 aliphatic carbocycles. The van der Waals surface area contributed by atoms with Gasteiger partial charge in [-0.05, 0) is 27.0 Å². The van der Waals surface area contributed by atoms with Gasteiger partial charge in [-0.1, -0.05) is 0 Å². The number of ether oxygens (including phenoxy) is 2. The average Bonchev–Trinajstić information content (AvgIpc) is 2.89. The van der Waals surface area contributed by atoms with Crippen molar-refractivity contribution in [3.63, 3.8) is 0 Å². The van der Waals surface area contributed by atoms with E-state index in [0.29, 0.717) is 47.9 Å². The van der Waals surface area contributed by atoms with Crippen LogP contribution in [-0.4, -0.2) is 54.7 Å². The maximum Gasteiger partial charge on any atom is 0.256 e. The third kappa shape index (κ3) is 2.40. The Balaban J connectivity index is 1.86. The minimum Gasteiger partial charge on any atom is -0.454 e. The van der Waals surface area contributed by atoms with Crippen LogP contribution in [-0.2, 0) is 0 Å². The molecular formula is C15H21N3O3. The van der Waals surface area contributed by atoms with Gasteiger partial charge in [-0.3, -0.25) is 9.69 Å². The first-order valence-electron chi connectivity index (χ1n) is 7.17. The third-order valence-electron chi connectivity index (χ3n) is 4.42. The molecule has 2 N–H and O–H groups in total. The number of anilines is 1. The summed E-state index contributed by atoms with van der Waals surface area (Å²) in [7, 11) is 2.09. The van der Waals surface area contributed by atoms with Gasteiger partial charge in [0.15, 0.2) is 11.5 Å². The van der Waals surface area contributed by atoms with Crippen LogP contribution in [0.5, 0.6) is 11.5 Å². The van der Waals surface area contributed by atoms with Crippen LogP contribution in [0.15, 0.2) is 12.1 Å². The van der Waals surface area contributed by atoms with Crippen LogP contribution in [0.4, 0.5) is 5.69 Å². The number of rotatable bonds is 1. The summed E-state index contributed by atoms with van der Waals surface area (Å²) in [5.41, 5.74) is 6.93. The molecule has 1 aromatic carbocycles. The van der Waals surface area contributed by atoms with Gasteiger partial charge in [0.2, 0.25) is 6.79 Å². The van der Waals surface area contributed by atoms with Gasteiger partial charge in [-0.25, -0.2) is 0 Å². The Kier molecular flexibility index (Phi) is 3.41. The first-order valence-corrected chi connectivity index (χ1v) is 7.17. The Morgan fingerprint density at radius 1 is 1.19 bits per heavy atom. The highest BCUT2D eigenvalue weighted by Crippen LogP contribution is 2.36. The fourth-order valence-electron chi connectivity index (χ4n) is 2.88. The Morgan fingerprint density at radius 2 is 1.76 bits per heavy atom. The van der Waals surface area contributed by atoms with Crippen molar-refractivity contribution in [3.05, 3.63) is 17.7 Å². The average molecular weight is 291 g/mol. The quantitative estimate of drug-likeness (QED) is 0.787. The zero-order valence-electron chi connectivity index (χ0n) is 12.6. The maximum absolute atomic E-state index is 12.7. The molecule has 2 unspecified atom stereocenters. The summed E-state index contributed by atoms with van der Waals surface area (Å²) in [6.07, 6.45) is 0. The Labute approximate surface area is 124 Å². The number of piperazine rings is 1. The van der Waals surface area contributed by atoms with Crippen molar-refractivity contribution in [2.24, 2.45) is 0 Å². The summed E-state index contributed by atoms with van der Waals surface area (Å²) < 4.78 is 10.6. The summed E-state index contributed by atoms with van der Waals surface area (Å²) in [4.78, 5) is 16.9. The highest BCUT2D eigenvalue weighted by Gasteiger charge is 2.31. The topological polar surface area (TPSA) is 68.0 Å². The van der Waals surface area contributed by atoms with Gasteiger partial charge in [0.1, 0.15) is 0 Å². The number of carbonyl (C=O) groups is 1. The Hall–Kier alpha value is -1.95. The number of nitrogen functional groups attached to an aromatic ring is 1. The number of nitrogens with zero attached hydrogens (tertiary/aromatic N) is 2. The van der Waals surface area contributed by atoms with Crippen molar-refractivity contribution in [2.75, 3.05) is 32.7 Å². The molecular weight excluding hydrogens is 270 g/mol. The van der Waals surface area contributed by atoms with Crippen LogP contribution < -0.4 is 15.2 Å². The number of nitrogens with two attached hydrogens (primary N) is 1. The zero-order valence-corrected chi connectivity index (χ0v) is 12.6. The summed E-state index contributed by atoms with van der Waals surface area (Å²) >= 11 is 0. The predicted octanol–water partition coefficient (Wildman–Crippen LogP) is 1.16. The molecule has 3 rings (SSSR count). The number of carbonyl (C=O) groups excluding carboxylic acids is 1. The van der Waals surface area contributed by atoms with Crippen molar-refractivity contribution >= 4 is 11.6 Å². The van der Waals surface area contributed by atoms with Crippen molar-refractivity contribution in [2.45, 2.75) is 25.9 Å². The molecule has 0 saturated carbocycles. The van der Waals surface area contributed by atoms with Crippen LogP contribution in [0.1, 0.15) is 24.2 Å². The molecule has 21 heavy (non-hydrogen) atoms. The van der Waals surface area contributed by atoms with Crippen molar-refractivity contribution in [1.29, 1.82) is 0 Å². The Bertz CT molecular complexity index is 564. The molecule has 1 aromatic rings. The zero-order chi connectivity index (χ0) is 15.1. The van der Waals surface area contributed by atoms with E-state index >= 15 is 0 Å². The number of benzene rings is 1. The molecule has 1 fully saturated rings. The lowest BCUT2D eigenvalue weighted by Crippen LogP contribution is -2.56. The highest BCUT2D eigenvalue weighted by molar-refractivity contribution is 6.00. The number of hydrogen-bond donors (Lipinski definition) is 1. The van der Waals surface area contributed by atoms with Crippen LogP contribution in [0.2, 0.25) is 0 Å². The lowest BCUT2D eigenvalue weighted by molar-refractivity contribution is 0.0415. The summed E-state index contributed by atoms with van der Waals surface area (Å²) in [6.45, 7) is 5.83. The van der Waals surface area contributed by atoms with Crippen LogP contribution >= 0.6 is 0 Å². The largest absolute Gasteiger partial charge is 0.454 e. The van der Waals surface area contributed by atoms with Crippen LogP contribution in [0.25, 0.3) is 0 Å². The van der Waals surface area contributed by atoms with E-state index in [9.17, 15) is 4.79 Å². The van der Waals surface area contributed by atoms with E-state index in [0.717, 1.165) is 0 Å². The molecule has 0 bridgehead atoms. The van der Waals surface area contributed by atoms with E-state index in [2.05, 4.69) is 25.8 Å². The third-order valence-corrected chi connectivity index (χ3v) is 4.42. The van der Waals surface area contributed by atoms with E-state index in [1.54, 1.807) is 12.1 Å². The summed E-state index contributed by atoms with van der Waals surface area (Å²) in [6, 6.07) is 4.01. The molecule has 2 aliphatic heterocycles. The predicted molar refractivity (Wildman–Crippen MR) is 79.6 cm³/mol. The molecule has 2 heterocycles. The first kappa shape index (κ1) is 14.0. The van der Waals surface area contributed by atoms with E-state index in [4.69, 9.17) is 15.2 Å². The van der Waals surface area contributed by atoms with Crippen molar-refractivity contribution < 1.29 is 14.3 Å². The van der Waals surface area contributed by atoms with E-state index in [-0.39, 0.29) is 12.7 Å². The standard InChI is InChI=1S/C15H21N3O3/c1-9-6-18(7-10(2)17(9)3)15(19)11-4-13-14(5-12(11)16)21-8-20-13/h4-5,9-10H,6-8,16H2,1-3H3. The molecule has 1 amide bonds. The van der Waals surface area contributed by atoms with Gasteiger partial charge < -0.3 is 20.1 Å². The number of likely N-dealkylation sites (N-methyl/N-ethyl adjacent to an activating group) is 1. The Morgan fingerprint density at radius 3 is 2.38 bits per heavy atom. The second-order valence-electron chi connectivity index (χ2n) is 5.87. The minimum atomic E-state index is -0.0439. The highest BCUT2D eigenvalue weighted by atomic mass is 16.7. The van der Waals surface area contributed by atoms with Gasteiger partial charge in [-0.2, -0.15) is 0 Å². The molecule has 2 aliphatic rings. The molecule has 1 saturated heterocycles. The molecule has 2 atom stereocenters. The summed E-state index contributed by atoms with van der Waals surface area (Å²) in [5, 5.41) is 0. The van der Waals surface area contributed by atoms with Gasteiger partial charge in [0.25, 0.3) is 5.91 Å². The second-order valence-corrected chi connectivity index (χ2v) is 5.87. The van der Waals surface area contributed by atoms with E-state index < -0.39 is 0 Å². The van der Waals surface area contributed by atoms with Crippen LogP contribution in [0, 0.1) is 0 Å². The van der Waals surface area contributed by atoms with Crippen molar-refractivity contribution in [1.82, 2.24) is 9.80 Å². The second kappa shape index (κ2) is 5.11. The first-order chi connectivity index (χ1) is 9.97. The molecule has 114 valence electrons. The van der Waals surface area contributed by atoms with Gasteiger partial charge in [-0.15, -0.1) is 0 Å². The van der Waals surface area contributed by atoms with E-state index in [1.165, 1.54) is 0 Å². The monoisotopic (exact) mass is 291 g/mol. The van der Waals surface area contributed by atoms with E-state index in [1.807, 2.05) is 4.90 Å². The smallest absolute Gasteiger partial charge is 0.256 e. The van der Waals surface area contributed by atoms with Gasteiger partial charge in [0.05, 0.1) is 5.56 Å². The SMILES string of the molecule is CC1CN(C(=O)c2cc3c(cc2N)OCO3)CC(C)N1C. The molecule has 6 heteroatoms. The van der Waals surface area contributed by atoms with Crippen molar-refractivity contribution in [3.8, 4) is 11.5 Å². The normalized spacial score (nSPS) is 25.2. The minimum absolute atomic E-state index is 0.0439. The number of fused-ring (bicyclic) bond motifs is 1.